The highest BCUT2D eigenvalue weighted by Gasteiger charge is 2.39. The van der Waals surface area contributed by atoms with Crippen LogP contribution in [0.4, 0.5) is 5.88 Å². The van der Waals surface area contributed by atoms with Crippen LogP contribution in [0, 0.1) is 22.0 Å². The zero-order valence-corrected chi connectivity index (χ0v) is 12.9. The Bertz CT molecular complexity index is 635. The highest BCUT2D eigenvalue weighted by molar-refractivity contribution is 5.94. The number of carbonyl (C=O) groups is 2. The third-order valence-corrected chi connectivity index (χ3v) is 4.47. The molecule has 0 aromatic carbocycles. The van der Waals surface area contributed by atoms with Crippen molar-refractivity contribution in [2.45, 2.75) is 19.8 Å². The molecule has 0 spiro atoms. The number of amides is 2. The van der Waals surface area contributed by atoms with Crippen molar-refractivity contribution in [3.05, 3.63) is 28.0 Å². The normalized spacial score (nSPS) is 21.9. The molecule has 2 fully saturated rings. The lowest BCUT2D eigenvalue weighted by Crippen LogP contribution is -2.57. The van der Waals surface area contributed by atoms with Gasteiger partial charge >= 0.3 is 5.88 Å². The first-order chi connectivity index (χ1) is 11.0. The molecule has 0 radical (unpaired) electrons. The van der Waals surface area contributed by atoms with Crippen molar-refractivity contribution in [3.63, 3.8) is 0 Å². The van der Waals surface area contributed by atoms with Gasteiger partial charge in [-0.25, -0.2) is 0 Å². The molecule has 1 aromatic heterocycles. The topological polar surface area (TPSA) is 96.9 Å². The minimum Gasteiger partial charge on any atom is -0.395 e. The first kappa shape index (κ1) is 15.5. The van der Waals surface area contributed by atoms with Gasteiger partial charge in [0.15, 0.2) is 5.76 Å². The number of furan rings is 1. The first-order valence-electron chi connectivity index (χ1n) is 7.78. The second-order valence-electron chi connectivity index (χ2n) is 6.33. The zero-order chi connectivity index (χ0) is 16.6. The van der Waals surface area contributed by atoms with E-state index in [0.717, 1.165) is 32.0 Å². The molecule has 1 atom stereocenters. The van der Waals surface area contributed by atoms with Crippen LogP contribution < -0.4 is 0 Å². The van der Waals surface area contributed by atoms with Crippen LogP contribution in [0.15, 0.2) is 16.5 Å². The van der Waals surface area contributed by atoms with E-state index in [1.807, 2.05) is 4.90 Å². The Morgan fingerprint density at radius 3 is 2.61 bits per heavy atom. The third kappa shape index (κ3) is 3.06. The Morgan fingerprint density at radius 2 is 2.00 bits per heavy atom. The molecule has 0 bridgehead atoms. The van der Waals surface area contributed by atoms with Gasteiger partial charge in [-0.1, -0.05) is 6.92 Å². The maximum atomic E-state index is 12.4. The minimum atomic E-state index is -0.684. The van der Waals surface area contributed by atoms with Crippen molar-refractivity contribution in [3.8, 4) is 0 Å². The van der Waals surface area contributed by atoms with Gasteiger partial charge in [0.2, 0.25) is 5.91 Å². The number of nitro groups is 1. The molecule has 0 N–H and O–H groups in total. The Hall–Kier alpha value is -2.38. The standard InChI is InChI=1S/C15H19N3O5/c1-10-3-2-6-16(7-10)14(19)11-8-17(9-11)15(20)12-4-5-13(23-12)18(21)22/h4-5,10-11H,2-3,6-9H2,1H3. The fourth-order valence-electron chi connectivity index (χ4n) is 3.14. The van der Waals surface area contributed by atoms with Gasteiger partial charge in [-0.2, -0.15) is 0 Å². The molecule has 124 valence electrons. The predicted octanol–water partition coefficient (Wildman–Crippen LogP) is 1.52. The van der Waals surface area contributed by atoms with Crippen LogP contribution in [-0.4, -0.2) is 52.7 Å². The summed E-state index contributed by atoms with van der Waals surface area (Å²) in [6.45, 7) is 4.40. The van der Waals surface area contributed by atoms with E-state index in [1.165, 1.54) is 11.0 Å². The number of piperidine rings is 1. The molecule has 8 nitrogen and oxygen atoms in total. The van der Waals surface area contributed by atoms with Gasteiger partial charge in [0.1, 0.15) is 4.92 Å². The second-order valence-corrected chi connectivity index (χ2v) is 6.33. The van der Waals surface area contributed by atoms with Gasteiger partial charge in [-0.15, -0.1) is 0 Å². The molecule has 0 aliphatic carbocycles. The summed E-state index contributed by atoms with van der Waals surface area (Å²) in [5, 5.41) is 10.6. The fraction of sp³-hybridized carbons (Fsp3) is 0.600. The van der Waals surface area contributed by atoms with Gasteiger partial charge in [-0.3, -0.25) is 19.7 Å². The molecule has 2 amide bonds. The van der Waals surface area contributed by atoms with Gasteiger partial charge < -0.3 is 14.2 Å². The number of hydrogen-bond donors (Lipinski definition) is 0. The Labute approximate surface area is 133 Å². The molecule has 23 heavy (non-hydrogen) atoms. The van der Waals surface area contributed by atoms with E-state index in [9.17, 15) is 19.7 Å². The summed E-state index contributed by atoms with van der Waals surface area (Å²) in [7, 11) is 0. The first-order valence-corrected chi connectivity index (χ1v) is 7.78. The van der Waals surface area contributed by atoms with Crippen LogP contribution in [0.5, 0.6) is 0 Å². The number of likely N-dealkylation sites (tertiary alicyclic amines) is 2. The lowest BCUT2D eigenvalue weighted by atomic mass is 9.94. The summed E-state index contributed by atoms with van der Waals surface area (Å²) in [5.74, 6) is -0.471. The summed E-state index contributed by atoms with van der Waals surface area (Å²) in [6, 6.07) is 2.45. The number of hydrogen-bond acceptors (Lipinski definition) is 5. The van der Waals surface area contributed by atoms with Crippen LogP contribution in [0.2, 0.25) is 0 Å². The number of carbonyl (C=O) groups excluding carboxylic acids is 2. The monoisotopic (exact) mass is 321 g/mol. The maximum absolute atomic E-state index is 12.4. The smallest absolute Gasteiger partial charge is 0.395 e. The zero-order valence-electron chi connectivity index (χ0n) is 12.9. The number of rotatable bonds is 3. The molecule has 3 heterocycles. The average molecular weight is 321 g/mol. The average Bonchev–Trinajstić information content (AvgIpc) is 2.95. The largest absolute Gasteiger partial charge is 0.433 e. The van der Waals surface area contributed by atoms with Crippen molar-refractivity contribution in [1.29, 1.82) is 0 Å². The Kier molecular flexibility index (Phi) is 4.06. The Balaban J connectivity index is 1.54. The Morgan fingerprint density at radius 1 is 1.26 bits per heavy atom. The SMILES string of the molecule is CC1CCCN(C(=O)C2CN(C(=O)c3ccc([N+](=O)[O-])o3)C2)C1. The van der Waals surface area contributed by atoms with Crippen molar-refractivity contribution < 1.29 is 18.9 Å². The van der Waals surface area contributed by atoms with Crippen LogP contribution in [0.1, 0.15) is 30.3 Å². The predicted molar refractivity (Wildman–Crippen MR) is 79.7 cm³/mol. The molecule has 0 saturated carbocycles. The van der Waals surface area contributed by atoms with Crippen LogP contribution in [-0.2, 0) is 4.79 Å². The molecule has 3 rings (SSSR count). The summed E-state index contributed by atoms with van der Waals surface area (Å²) >= 11 is 0. The van der Waals surface area contributed by atoms with E-state index in [2.05, 4.69) is 6.92 Å². The van der Waals surface area contributed by atoms with Crippen LogP contribution in [0.25, 0.3) is 0 Å². The quantitative estimate of drug-likeness (QED) is 0.621. The van der Waals surface area contributed by atoms with E-state index >= 15 is 0 Å². The molecule has 2 aliphatic rings. The summed E-state index contributed by atoms with van der Waals surface area (Å²) < 4.78 is 4.90. The van der Waals surface area contributed by atoms with E-state index < -0.39 is 16.7 Å². The van der Waals surface area contributed by atoms with Crippen molar-refractivity contribution in [1.82, 2.24) is 9.80 Å². The summed E-state index contributed by atoms with van der Waals surface area (Å²) in [6.07, 6.45) is 2.18. The van der Waals surface area contributed by atoms with E-state index in [4.69, 9.17) is 4.42 Å². The minimum absolute atomic E-state index is 0.0609. The molecule has 2 saturated heterocycles. The lowest BCUT2D eigenvalue weighted by molar-refractivity contribution is -0.402. The summed E-state index contributed by atoms with van der Waals surface area (Å²) in [4.78, 5) is 37.8. The highest BCUT2D eigenvalue weighted by Crippen LogP contribution is 2.25. The van der Waals surface area contributed by atoms with Crippen molar-refractivity contribution in [2.75, 3.05) is 26.2 Å². The summed E-state index contributed by atoms with van der Waals surface area (Å²) in [5.41, 5.74) is 0. The molecule has 2 aliphatic heterocycles. The lowest BCUT2D eigenvalue weighted by Gasteiger charge is -2.41. The highest BCUT2D eigenvalue weighted by atomic mass is 16.6. The van der Waals surface area contributed by atoms with Crippen molar-refractivity contribution >= 4 is 17.7 Å². The fourth-order valence-corrected chi connectivity index (χ4v) is 3.14. The molecular weight excluding hydrogens is 302 g/mol. The van der Waals surface area contributed by atoms with E-state index in [-0.39, 0.29) is 17.6 Å². The van der Waals surface area contributed by atoms with E-state index in [1.54, 1.807) is 0 Å². The van der Waals surface area contributed by atoms with Crippen LogP contribution in [0.3, 0.4) is 0 Å². The second kappa shape index (κ2) is 6.02. The van der Waals surface area contributed by atoms with Gasteiger partial charge in [0.05, 0.1) is 12.0 Å². The van der Waals surface area contributed by atoms with Gasteiger partial charge in [-0.05, 0) is 24.8 Å². The van der Waals surface area contributed by atoms with E-state index in [0.29, 0.717) is 19.0 Å². The van der Waals surface area contributed by atoms with Gasteiger partial charge in [0.25, 0.3) is 5.91 Å². The molecule has 1 aromatic rings. The molecule has 1 unspecified atom stereocenters. The van der Waals surface area contributed by atoms with Crippen LogP contribution >= 0.6 is 0 Å². The third-order valence-electron chi connectivity index (χ3n) is 4.47. The van der Waals surface area contributed by atoms with Crippen molar-refractivity contribution in [2.24, 2.45) is 11.8 Å². The molecule has 8 heteroatoms. The molecular formula is C15H19N3O5. The maximum Gasteiger partial charge on any atom is 0.433 e. The van der Waals surface area contributed by atoms with Gasteiger partial charge in [0, 0.05) is 26.2 Å². The number of nitrogens with zero attached hydrogens (tertiary/aromatic N) is 3.